The van der Waals surface area contributed by atoms with Gasteiger partial charge in [0, 0.05) is 6.42 Å². The van der Waals surface area contributed by atoms with Gasteiger partial charge in [-0.3, -0.25) is 4.79 Å². The van der Waals surface area contributed by atoms with Crippen molar-refractivity contribution in [1.29, 1.82) is 0 Å². The van der Waals surface area contributed by atoms with E-state index in [0.717, 1.165) is 25.7 Å². The molecule has 64 valence electrons. The molecule has 0 rings (SSSR count). The van der Waals surface area contributed by atoms with Gasteiger partial charge in [0.2, 0.25) is 5.24 Å². The van der Waals surface area contributed by atoms with E-state index in [1.165, 1.54) is 5.57 Å². The van der Waals surface area contributed by atoms with E-state index in [9.17, 15) is 4.79 Å². The van der Waals surface area contributed by atoms with E-state index in [2.05, 4.69) is 6.58 Å². The van der Waals surface area contributed by atoms with Crippen molar-refractivity contribution in [2.45, 2.75) is 39.0 Å². The zero-order chi connectivity index (χ0) is 8.69. The van der Waals surface area contributed by atoms with Crippen LogP contribution in [0.25, 0.3) is 0 Å². The highest BCUT2D eigenvalue weighted by atomic mass is 35.5. The van der Waals surface area contributed by atoms with Crippen LogP contribution < -0.4 is 0 Å². The van der Waals surface area contributed by atoms with Crippen molar-refractivity contribution in [3.8, 4) is 0 Å². The first-order chi connectivity index (χ1) is 5.13. The summed E-state index contributed by atoms with van der Waals surface area (Å²) in [5.41, 5.74) is 1.21. The first kappa shape index (κ1) is 10.7. The molecule has 1 nitrogen and oxygen atoms in total. The Bertz CT molecular complexity index is 124. The molecule has 0 heterocycles. The number of carbonyl (C=O) groups is 1. The van der Waals surface area contributed by atoms with Crippen LogP contribution in [-0.4, -0.2) is 5.24 Å². The number of rotatable bonds is 6. The monoisotopic (exact) mass is 174 g/mol. The van der Waals surface area contributed by atoms with E-state index < -0.39 is 0 Å². The Kier molecular flexibility index (Phi) is 6.24. The molecule has 0 amide bonds. The Hall–Kier alpha value is -0.300. The number of hydrogen-bond donors (Lipinski definition) is 0. The molecule has 0 saturated heterocycles. The van der Waals surface area contributed by atoms with Crippen molar-refractivity contribution in [3.63, 3.8) is 0 Å². The lowest BCUT2D eigenvalue weighted by Gasteiger charge is -1.97. The Labute approximate surface area is 73.4 Å². The Morgan fingerprint density at radius 1 is 1.27 bits per heavy atom. The summed E-state index contributed by atoms with van der Waals surface area (Å²) in [7, 11) is 0. The molecule has 0 spiro atoms. The zero-order valence-corrected chi connectivity index (χ0v) is 7.78. The summed E-state index contributed by atoms with van der Waals surface area (Å²) < 4.78 is 0. The van der Waals surface area contributed by atoms with Crippen LogP contribution in [0.4, 0.5) is 0 Å². The smallest absolute Gasteiger partial charge is 0.221 e. The number of halogens is 1. The van der Waals surface area contributed by atoms with Gasteiger partial charge in [0.1, 0.15) is 0 Å². The second kappa shape index (κ2) is 6.41. The van der Waals surface area contributed by atoms with Crippen molar-refractivity contribution in [1.82, 2.24) is 0 Å². The Morgan fingerprint density at radius 3 is 2.27 bits per heavy atom. The molecule has 0 unspecified atom stereocenters. The maximum atomic E-state index is 10.3. The third-order valence-corrected chi connectivity index (χ3v) is 1.67. The van der Waals surface area contributed by atoms with Gasteiger partial charge in [-0.15, -0.1) is 6.58 Å². The maximum absolute atomic E-state index is 10.3. The summed E-state index contributed by atoms with van der Waals surface area (Å²) in [4.78, 5) is 10.3. The van der Waals surface area contributed by atoms with Crippen molar-refractivity contribution in [3.05, 3.63) is 12.2 Å². The van der Waals surface area contributed by atoms with E-state index >= 15 is 0 Å². The fourth-order valence-electron chi connectivity index (χ4n) is 0.868. The van der Waals surface area contributed by atoms with Crippen LogP contribution >= 0.6 is 11.6 Å². The van der Waals surface area contributed by atoms with Crippen molar-refractivity contribution in [2.75, 3.05) is 0 Å². The molecule has 0 aromatic heterocycles. The highest BCUT2D eigenvalue weighted by Gasteiger charge is 1.95. The number of allylic oxidation sites excluding steroid dienone is 1. The molecule has 0 fully saturated rings. The van der Waals surface area contributed by atoms with Gasteiger partial charge in [0.25, 0.3) is 0 Å². The Morgan fingerprint density at radius 2 is 1.82 bits per heavy atom. The third-order valence-electron chi connectivity index (χ3n) is 1.48. The van der Waals surface area contributed by atoms with Gasteiger partial charge in [0.05, 0.1) is 0 Å². The lowest BCUT2D eigenvalue weighted by molar-refractivity contribution is -0.111. The maximum Gasteiger partial charge on any atom is 0.221 e. The second-order valence-electron chi connectivity index (χ2n) is 2.87. The standard InChI is InChI=1S/C9H15ClO/c1-8(2)6-4-3-5-7-9(10)11/h1,3-7H2,2H3. The quantitative estimate of drug-likeness (QED) is 0.343. The SMILES string of the molecule is C=C(C)CCCCCC(=O)Cl. The van der Waals surface area contributed by atoms with Gasteiger partial charge in [-0.05, 0) is 37.8 Å². The van der Waals surface area contributed by atoms with Crippen LogP contribution in [0.2, 0.25) is 0 Å². The average molecular weight is 175 g/mol. The van der Waals surface area contributed by atoms with E-state index in [-0.39, 0.29) is 5.24 Å². The first-order valence-electron chi connectivity index (χ1n) is 3.95. The molecule has 0 aliphatic heterocycles. The van der Waals surface area contributed by atoms with Crippen LogP contribution in [0.15, 0.2) is 12.2 Å². The van der Waals surface area contributed by atoms with E-state index in [0.29, 0.717) is 6.42 Å². The van der Waals surface area contributed by atoms with Crippen LogP contribution in [0.5, 0.6) is 0 Å². The molecule has 2 heteroatoms. The highest BCUT2D eigenvalue weighted by molar-refractivity contribution is 6.63. The van der Waals surface area contributed by atoms with Gasteiger partial charge < -0.3 is 0 Å². The molecule has 0 N–H and O–H groups in total. The summed E-state index contributed by atoms with van der Waals surface area (Å²) in [5, 5.41) is -0.222. The molecular weight excluding hydrogens is 160 g/mol. The minimum Gasteiger partial charge on any atom is -0.281 e. The summed E-state index contributed by atoms with van der Waals surface area (Å²) in [5.74, 6) is 0. The van der Waals surface area contributed by atoms with Gasteiger partial charge in [-0.1, -0.05) is 12.0 Å². The molecule has 0 aromatic carbocycles. The number of hydrogen-bond acceptors (Lipinski definition) is 1. The average Bonchev–Trinajstić information content (AvgIpc) is 1.85. The van der Waals surface area contributed by atoms with Gasteiger partial charge in [-0.2, -0.15) is 0 Å². The third kappa shape index (κ3) is 9.70. The molecule has 0 aliphatic carbocycles. The fraction of sp³-hybridized carbons (Fsp3) is 0.667. The summed E-state index contributed by atoms with van der Waals surface area (Å²) in [6, 6.07) is 0. The summed E-state index contributed by atoms with van der Waals surface area (Å²) in [6.45, 7) is 5.82. The lowest BCUT2D eigenvalue weighted by Crippen LogP contribution is -1.86. The largest absolute Gasteiger partial charge is 0.281 e. The number of carbonyl (C=O) groups excluding carboxylic acids is 1. The van der Waals surface area contributed by atoms with Gasteiger partial charge in [-0.25, -0.2) is 0 Å². The highest BCUT2D eigenvalue weighted by Crippen LogP contribution is 2.08. The molecule has 0 saturated carbocycles. The van der Waals surface area contributed by atoms with Crippen LogP contribution in [0, 0.1) is 0 Å². The molecule has 0 radical (unpaired) electrons. The zero-order valence-electron chi connectivity index (χ0n) is 7.03. The van der Waals surface area contributed by atoms with Crippen molar-refractivity contribution in [2.24, 2.45) is 0 Å². The predicted molar refractivity (Wildman–Crippen MR) is 48.8 cm³/mol. The molecule has 0 atom stereocenters. The minimum absolute atomic E-state index is 0.222. The molecule has 11 heavy (non-hydrogen) atoms. The molecule has 0 bridgehead atoms. The Balaban J connectivity index is 3.03. The van der Waals surface area contributed by atoms with Crippen LogP contribution in [-0.2, 0) is 4.79 Å². The molecule has 0 aromatic rings. The van der Waals surface area contributed by atoms with Crippen LogP contribution in [0.3, 0.4) is 0 Å². The first-order valence-corrected chi connectivity index (χ1v) is 4.33. The minimum atomic E-state index is -0.222. The van der Waals surface area contributed by atoms with E-state index in [4.69, 9.17) is 11.6 Å². The van der Waals surface area contributed by atoms with Crippen molar-refractivity contribution >= 4 is 16.8 Å². The second-order valence-corrected chi connectivity index (χ2v) is 3.29. The van der Waals surface area contributed by atoms with Crippen LogP contribution in [0.1, 0.15) is 39.0 Å². The van der Waals surface area contributed by atoms with E-state index in [1.807, 2.05) is 6.92 Å². The normalized spacial score (nSPS) is 9.64. The fourth-order valence-corrected chi connectivity index (χ4v) is 1.00. The van der Waals surface area contributed by atoms with E-state index in [1.54, 1.807) is 0 Å². The molecule has 0 aliphatic rings. The topological polar surface area (TPSA) is 17.1 Å². The lowest BCUT2D eigenvalue weighted by atomic mass is 10.1. The predicted octanol–water partition coefficient (Wildman–Crippen LogP) is 3.28. The molecular formula is C9H15ClO. The van der Waals surface area contributed by atoms with Gasteiger partial charge >= 0.3 is 0 Å². The number of unbranched alkanes of at least 4 members (excludes halogenated alkanes) is 2. The van der Waals surface area contributed by atoms with Gasteiger partial charge in [0.15, 0.2) is 0 Å². The summed E-state index contributed by atoms with van der Waals surface area (Å²) in [6.07, 6.45) is 4.69. The van der Waals surface area contributed by atoms with Crippen molar-refractivity contribution < 1.29 is 4.79 Å². The summed E-state index contributed by atoms with van der Waals surface area (Å²) >= 11 is 5.16.